The monoisotopic (exact) mass is 316 g/mol. The van der Waals surface area contributed by atoms with Crippen LogP contribution in [0.2, 0.25) is 0 Å². The van der Waals surface area contributed by atoms with Crippen LogP contribution in [0.3, 0.4) is 0 Å². The molecule has 0 unspecified atom stereocenters. The Kier molecular flexibility index (Phi) is 5.33. The van der Waals surface area contributed by atoms with Crippen molar-refractivity contribution in [3.05, 3.63) is 70.9 Å². The average molecular weight is 316 g/mol. The van der Waals surface area contributed by atoms with E-state index < -0.39 is 5.91 Å². The molecule has 2 N–H and O–H groups in total. The summed E-state index contributed by atoms with van der Waals surface area (Å²) in [5, 5.41) is 23.8. The third kappa shape index (κ3) is 4.00. The Bertz CT molecular complexity index is 885. The summed E-state index contributed by atoms with van der Waals surface area (Å²) < 4.78 is 0. The molecule has 24 heavy (non-hydrogen) atoms. The van der Waals surface area contributed by atoms with Gasteiger partial charge in [0.2, 0.25) is 0 Å². The first-order valence-electron chi connectivity index (χ1n) is 7.29. The molecule has 0 heterocycles. The largest absolute Gasteiger partial charge is 0.359 e. The van der Waals surface area contributed by atoms with Gasteiger partial charge in [0.15, 0.2) is 0 Å². The van der Waals surface area contributed by atoms with E-state index in [9.17, 15) is 10.1 Å². The molecule has 0 fully saturated rings. The van der Waals surface area contributed by atoms with Gasteiger partial charge in [-0.25, -0.2) is 0 Å². The SMILES string of the molecule is Cc1ccc(NC(=O)/C(C#N)=C\Nc2ccccc2C#N)c(C)c1. The van der Waals surface area contributed by atoms with Gasteiger partial charge in [0.05, 0.1) is 11.3 Å². The number of nitriles is 2. The van der Waals surface area contributed by atoms with Crippen molar-refractivity contribution < 1.29 is 4.79 Å². The smallest absolute Gasteiger partial charge is 0.267 e. The van der Waals surface area contributed by atoms with Crippen molar-refractivity contribution in [2.75, 3.05) is 10.6 Å². The van der Waals surface area contributed by atoms with Crippen molar-refractivity contribution in [1.29, 1.82) is 10.5 Å². The van der Waals surface area contributed by atoms with Gasteiger partial charge in [-0.15, -0.1) is 0 Å². The zero-order valence-corrected chi connectivity index (χ0v) is 13.4. The molecule has 0 aliphatic rings. The predicted octanol–water partition coefficient (Wildman–Crippen LogP) is 3.63. The molecule has 1 amide bonds. The summed E-state index contributed by atoms with van der Waals surface area (Å²) >= 11 is 0. The lowest BCUT2D eigenvalue weighted by molar-refractivity contribution is -0.112. The number of para-hydroxylation sites is 1. The third-order valence-electron chi connectivity index (χ3n) is 3.41. The highest BCUT2D eigenvalue weighted by Crippen LogP contribution is 2.17. The first-order valence-corrected chi connectivity index (χ1v) is 7.29. The van der Waals surface area contributed by atoms with Gasteiger partial charge in [0.1, 0.15) is 17.7 Å². The average Bonchev–Trinajstić information content (AvgIpc) is 2.58. The zero-order valence-electron chi connectivity index (χ0n) is 13.4. The molecule has 2 rings (SSSR count). The van der Waals surface area contributed by atoms with Crippen molar-refractivity contribution >= 4 is 17.3 Å². The van der Waals surface area contributed by atoms with Crippen LogP contribution < -0.4 is 10.6 Å². The molecular weight excluding hydrogens is 300 g/mol. The van der Waals surface area contributed by atoms with Crippen molar-refractivity contribution in [2.24, 2.45) is 0 Å². The number of carbonyl (C=O) groups excluding carboxylic acids is 1. The van der Waals surface area contributed by atoms with Crippen molar-refractivity contribution in [2.45, 2.75) is 13.8 Å². The van der Waals surface area contributed by atoms with Gasteiger partial charge in [0.25, 0.3) is 5.91 Å². The Hall–Kier alpha value is -3.57. The summed E-state index contributed by atoms with van der Waals surface area (Å²) in [6, 6.07) is 16.4. The lowest BCUT2D eigenvalue weighted by atomic mass is 10.1. The maximum atomic E-state index is 12.2. The van der Waals surface area contributed by atoms with E-state index in [4.69, 9.17) is 5.26 Å². The second-order valence-electron chi connectivity index (χ2n) is 5.24. The number of hydrogen-bond acceptors (Lipinski definition) is 4. The highest BCUT2D eigenvalue weighted by molar-refractivity contribution is 6.07. The number of nitrogens with zero attached hydrogens (tertiary/aromatic N) is 2. The summed E-state index contributed by atoms with van der Waals surface area (Å²) in [5.41, 5.74) is 3.56. The van der Waals surface area contributed by atoms with Crippen LogP contribution in [0, 0.1) is 36.5 Å². The highest BCUT2D eigenvalue weighted by Gasteiger charge is 2.11. The van der Waals surface area contributed by atoms with E-state index in [0.29, 0.717) is 16.9 Å². The van der Waals surface area contributed by atoms with E-state index in [2.05, 4.69) is 10.6 Å². The molecule has 5 nitrogen and oxygen atoms in total. The van der Waals surface area contributed by atoms with Crippen LogP contribution in [0.15, 0.2) is 54.2 Å². The maximum absolute atomic E-state index is 12.2. The topological polar surface area (TPSA) is 88.7 Å². The van der Waals surface area contributed by atoms with Crippen LogP contribution in [0.4, 0.5) is 11.4 Å². The van der Waals surface area contributed by atoms with Gasteiger partial charge in [-0.1, -0.05) is 29.8 Å². The predicted molar refractivity (Wildman–Crippen MR) is 93.0 cm³/mol. The molecule has 0 aliphatic heterocycles. The normalized spacial score (nSPS) is 10.4. The number of aryl methyl sites for hydroxylation is 2. The number of benzene rings is 2. The molecule has 0 spiro atoms. The van der Waals surface area contributed by atoms with Gasteiger partial charge in [-0.3, -0.25) is 4.79 Å². The Morgan fingerprint density at radius 1 is 1.08 bits per heavy atom. The van der Waals surface area contributed by atoms with Crippen molar-refractivity contribution in [3.8, 4) is 12.1 Å². The summed E-state index contributed by atoms with van der Waals surface area (Å²) in [4.78, 5) is 12.2. The van der Waals surface area contributed by atoms with Crippen LogP contribution in [0.1, 0.15) is 16.7 Å². The zero-order chi connectivity index (χ0) is 17.5. The molecule has 0 aliphatic carbocycles. The standard InChI is InChI=1S/C19H16N4O/c1-13-7-8-17(14(2)9-13)23-19(24)16(11-21)12-22-18-6-4-3-5-15(18)10-20/h3-9,12,22H,1-2H3,(H,23,24)/b16-12-. The second kappa shape index (κ2) is 7.62. The van der Waals surface area contributed by atoms with Gasteiger partial charge in [-0.05, 0) is 37.6 Å². The molecule has 0 saturated heterocycles. The fraction of sp³-hybridized carbons (Fsp3) is 0.105. The Morgan fingerprint density at radius 2 is 1.83 bits per heavy atom. The van der Waals surface area contributed by atoms with Gasteiger partial charge in [0, 0.05) is 11.9 Å². The molecule has 2 aromatic carbocycles. The Labute approximate surface area is 140 Å². The number of carbonyl (C=O) groups is 1. The van der Waals surface area contributed by atoms with E-state index >= 15 is 0 Å². The molecule has 0 bridgehead atoms. The lowest BCUT2D eigenvalue weighted by Crippen LogP contribution is -2.15. The Balaban J connectivity index is 2.17. The summed E-state index contributed by atoms with van der Waals surface area (Å²) in [6.07, 6.45) is 1.30. The summed E-state index contributed by atoms with van der Waals surface area (Å²) in [5.74, 6) is -0.508. The number of anilines is 2. The van der Waals surface area contributed by atoms with E-state index in [1.807, 2.05) is 38.1 Å². The Morgan fingerprint density at radius 3 is 2.50 bits per heavy atom. The molecule has 2 aromatic rings. The fourth-order valence-corrected chi connectivity index (χ4v) is 2.15. The fourth-order valence-electron chi connectivity index (χ4n) is 2.15. The second-order valence-corrected chi connectivity index (χ2v) is 5.24. The minimum atomic E-state index is -0.508. The van der Waals surface area contributed by atoms with E-state index in [-0.39, 0.29) is 5.57 Å². The molecule has 0 saturated carbocycles. The highest BCUT2D eigenvalue weighted by atomic mass is 16.1. The van der Waals surface area contributed by atoms with E-state index in [1.165, 1.54) is 6.20 Å². The number of nitrogens with one attached hydrogen (secondary N) is 2. The van der Waals surface area contributed by atoms with Gasteiger partial charge >= 0.3 is 0 Å². The molecule has 5 heteroatoms. The van der Waals surface area contributed by atoms with Crippen LogP contribution in [0.5, 0.6) is 0 Å². The first-order chi connectivity index (χ1) is 11.5. The van der Waals surface area contributed by atoms with Crippen LogP contribution >= 0.6 is 0 Å². The molecule has 0 atom stereocenters. The third-order valence-corrected chi connectivity index (χ3v) is 3.41. The quantitative estimate of drug-likeness (QED) is 0.666. The number of rotatable bonds is 4. The number of hydrogen-bond donors (Lipinski definition) is 2. The summed E-state index contributed by atoms with van der Waals surface area (Å²) in [7, 11) is 0. The summed E-state index contributed by atoms with van der Waals surface area (Å²) in [6.45, 7) is 3.86. The van der Waals surface area contributed by atoms with Crippen molar-refractivity contribution in [3.63, 3.8) is 0 Å². The van der Waals surface area contributed by atoms with E-state index in [1.54, 1.807) is 30.3 Å². The van der Waals surface area contributed by atoms with Crippen LogP contribution in [-0.4, -0.2) is 5.91 Å². The van der Waals surface area contributed by atoms with Gasteiger partial charge < -0.3 is 10.6 Å². The van der Waals surface area contributed by atoms with E-state index in [0.717, 1.165) is 11.1 Å². The first kappa shape index (κ1) is 16.8. The molecule has 0 radical (unpaired) electrons. The number of amides is 1. The minimum absolute atomic E-state index is 0.0808. The van der Waals surface area contributed by atoms with Crippen LogP contribution in [-0.2, 0) is 4.79 Å². The molecular formula is C19H16N4O. The van der Waals surface area contributed by atoms with Gasteiger partial charge in [-0.2, -0.15) is 10.5 Å². The molecule has 118 valence electrons. The van der Waals surface area contributed by atoms with Crippen LogP contribution in [0.25, 0.3) is 0 Å². The maximum Gasteiger partial charge on any atom is 0.267 e. The molecule has 0 aromatic heterocycles. The minimum Gasteiger partial charge on any atom is -0.359 e. The lowest BCUT2D eigenvalue weighted by Gasteiger charge is -2.09. The van der Waals surface area contributed by atoms with Crippen molar-refractivity contribution in [1.82, 2.24) is 0 Å².